The summed E-state index contributed by atoms with van der Waals surface area (Å²) in [6.07, 6.45) is -4.43. The van der Waals surface area contributed by atoms with E-state index in [2.05, 4.69) is 22.6 Å². The molecule has 0 amide bonds. The molecule has 1 rings (SSSR count). The van der Waals surface area contributed by atoms with Crippen LogP contribution in [0.3, 0.4) is 0 Å². The number of halogens is 1. The summed E-state index contributed by atoms with van der Waals surface area (Å²) in [5.41, 5.74) is 0. The van der Waals surface area contributed by atoms with Crippen LogP contribution in [0.5, 0.6) is 0 Å². The van der Waals surface area contributed by atoms with Crippen LogP contribution in [0.25, 0.3) is 0 Å². The van der Waals surface area contributed by atoms with Crippen molar-refractivity contribution in [1.82, 2.24) is 0 Å². The highest BCUT2D eigenvalue weighted by atomic mass is 127. The molecule has 1 fully saturated rings. The number of carbonyl (C=O) groups is 3. The Hall–Kier alpha value is -0.940. The van der Waals surface area contributed by atoms with Crippen LogP contribution in [-0.4, -0.2) is 60.2 Å². The Morgan fingerprint density at radius 3 is 1.77 bits per heavy atom. The van der Waals surface area contributed by atoms with Gasteiger partial charge in [-0.15, -0.1) is 0 Å². The number of hydrogen-bond acceptors (Lipinski definition) is 8. The largest absolute Gasteiger partial charge is 0.456 e. The summed E-state index contributed by atoms with van der Waals surface area (Å²) in [7, 11) is 1.38. The second-order valence-corrected chi connectivity index (χ2v) is 5.54. The van der Waals surface area contributed by atoms with Crippen LogP contribution >= 0.6 is 22.6 Å². The lowest BCUT2D eigenvalue weighted by Crippen LogP contribution is -2.62. The second-order valence-electron chi connectivity index (χ2n) is 4.66. The zero-order valence-corrected chi connectivity index (χ0v) is 14.9. The van der Waals surface area contributed by atoms with Crippen LogP contribution in [-0.2, 0) is 38.1 Å². The molecule has 0 saturated carbocycles. The minimum absolute atomic E-state index is 0.458. The molecular weight excluding hydrogens is 411 g/mol. The molecule has 9 heteroatoms. The Morgan fingerprint density at radius 1 is 0.909 bits per heavy atom. The third-order valence-corrected chi connectivity index (χ3v) is 3.75. The van der Waals surface area contributed by atoms with Gasteiger partial charge < -0.3 is 23.7 Å². The van der Waals surface area contributed by atoms with Gasteiger partial charge >= 0.3 is 17.9 Å². The fourth-order valence-electron chi connectivity index (χ4n) is 2.17. The van der Waals surface area contributed by atoms with E-state index in [0.717, 1.165) is 0 Å². The van der Waals surface area contributed by atoms with Crippen LogP contribution in [0.15, 0.2) is 0 Å². The molecule has 0 aromatic rings. The molecule has 0 spiro atoms. The normalized spacial score (nSPS) is 31.2. The van der Waals surface area contributed by atoms with E-state index in [9.17, 15) is 14.4 Å². The van der Waals surface area contributed by atoms with Gasteiger partial charge in [-0.1, -0.05) is 22.6 Å². The summed E-state index contributed by atoms with van der Waals surface area (Å²) in [4.78, 5) is 34.0. The van der Waals surface area contributed by atoms with Gasteiger partial charge in [-0.05, 0) is 0 Å². The summed E-state index contributed by atoms with van der Waals surface area (Å²) < 4.78 is 26.9. The van der Waals surface area contributed by atoms with E-state index in [-0.39, 0.29) is 0 Å². The van der Waals surface area contributed by atoms with Crippen molar-refractivity contribution in [3.8, 4) is 0 Å². The Bertz CT molecular complexity index is 396. The van der Waals surface area contributed by atoms with Crippen molar-refractivity contribution in [3.63, 3.8) is 0 Å². The van der Waals surface area contributed by atoms with Crippen LogP contribution in [0, 0.1) is 0 Å². The number of carbonyl (C=O) groups excluding carboxylic acids is 3. The molecule has 126 valence electrons. The monoisotopic (exact) mass is 430 g/mol. The maximum absolute atomic E-state index is 11.4. The number of ether oxygens (including phenoxy) is 5. The molecule has 5 atom stereocenters. The van der Waals surface area contributed by atoms with Crippen molar-refractivity contribution < 1.29 is 38.1 Å². The number of alkyl halides is 1. The van der Waals surface area contributed by atoms with Crippen LogP contribution in [0.4, 0.5) is 0 Å². The molecule has 1 aliphatic heterocycles. The molecule has 22 heavy (non-hydrogen) atoms. The van der Waals surface area contributed by atoms with Gasteiger partial charge in [-0.2, -0.15) is 0 Å². The summed E-state index contributed by atoms with van der Waals surface area (Å²) in [6, 6.07) is 0. The van der Waals surface area contributed by atoms with Gasteiger partial charge in [0.2, 0.25) is 0 Å². The topological polar surface area (TPSA) is 97.4 Å². The third-order valence-electron chi connectivity index (χ3n) is 2.88. The molecule has 1 heterocycles. The van der Waals surface area contributed by atoms with E-state index in [4.69, 9.17) is 23.7 Å². The number of rotatable bonds is 5. The van der Waals surface area contributed by atoms with Crippen molar-refractivity contribution in [3.05, 3.63) is 0 Å². The van der Waals surface area contributed by atoms with Gasteiger partial charge in [0.1, 0.15) is 6.10 Å². The molecule has 0 N–H and O–H groups in total. The average Bonchev–Trinajstić information content (AvgIpc) is 2.41. The van der Waals surface area contributed by atoms with Crippen molar-refractivity contribution in [2.24, 2.45) is 0 Å². The van der Waals surface area contributed by atoms with Gasteiger partial charge in [0.05, 0.1) is 0 Å². The minimum atomic E-state index is -1.03. The van der Waals surface area contributed by atoms with Gasteiger partial charge in [0, 0.05) is 32.3 Å². The second kappa shape index (κ2) is 8.63. The summed E-state index contributed by atoms with van der Waals surface area (Å²) in [5.74, 6) is -1.75. The van der Waals surface area contributed by atoms with Gasteiger partial charge in [0.25, 0.3) is 0 Å². The van der Waals surface area contributed by atoms with E-state index < -0.39 is 48.6 Å². The molecule has 0 aliphatic carbocycles. The lowest BCUT2D eigenvalue weighted by molar-refractivity contribution is -0.293. The molecule has 0 bridgehead atoms. The first-order valence-corrected chi connectivity index (χ1v) is 8.08. The maximum Gasteiger partial charge on any atom is 0.303 e. The summed E-state index contributed by atoms with van der Waals surface area (Å²) in [5, 5.41) is 0. The third kappa shape index (κ3) is 5.06. The molecule has 1 saturated heterocycles. The standard InChI is InChI=1S/C13H19IO8/c1-6(15)19-10-9(5-14)22-13(18-4)12(21-8(3)17)11(10)20-7(2)16/h9-13H,5H2,1-4H3/t9-,10-,11+,12+,13-/m1/s1. The zero-order valence-electron chi connectivity index (χ0n) is 12.7. The number of esters is 3. The van der Waals surface area contributed by atoms with Crippen molar-refractivity contribution in [2.45, 2.75) is 51.5 Å². The Kier molecular flexibility index (Phi) is 7.49. The number of hydrogen-bond donors (Lipinski definition) is 0. The minimum Gasteiger partial charge on any atom is -0.456 e. The first-order chi connectivity index (χ1) is 10.3. The van der Waals surface area contributed by atoms with E-state index in [0.29, 0.717) is 4.43 Å². The Morgan fingerprint density at radius 2 is 1.36 bits per heavy atom. The van der Waals surface area contributed by atoms with Crippen LogP contribution in [0.1, 0.15) is 20.8 Å². The Balaban J connectivity index is 3.14. The van der Waals surface area contributed by atoms with Crippen molar-refractivity contribution >= 4 is 40.5 Å². The van der Waals surface area contributed by atoms with Gasteiger partial charge in [-0.25, -0.2) is 0 Å². The Labute approximate surface area is 141 Å². The van der Waals surface area contributed by atoms with Crippen molar-refractivity contribution in [2.75, 3.05) is 11.5 Å². The number of methoxy groups -OCH3 is 1. The fourth-order valence-corrected chi connectivity index (χ4v) is 2.88. The van der Waals surface area contributed by atoms with Crippen molar-refractivity contribution in [1.29, 1.82) is 0 Å². The highest BCUT2D eigenvalue weighted by Crippen LogP contribution is 2.30. The molecule has 0 radical (unpaired) electrons. The molecular formula is C13H19IO8. The summed E-state index contributed by atoms with van der Waals surface area (Å²) in [6.45, 7) is 3.66. The molecule has 1 aliphatic rings. The van der Waals surface area contributed by atoms with Crippen LogP contribution in [0.2, 0.25) is 0 Å². The SMILES string of the molecule is CO[C@@H]1O[C@H](CI)[C@@H](OC(C)=O)[C@H](OC(C)=O)[C@@H]1OC(C)=O. The predicted molar refractivity (Wildman–Crippen MR) is 81.2 cm³/mol. The zero-order chi connectivity index (χ0) is 16.9. The smallest absolute Gasteiger partial charge is 0.303 e. The average molecular weight is 430 g/mol. The lowest BCUT2D eigenvalue weighted by Gasteiger charge is -2.43. The molecule has 0 aromatic heterocycles. The highest BCUT2D eigenvalue weighted by Gasteiger charge is 2.51. The molecule has 0 aromatic carbocycles. The van der Waals surface area contributed by atoms with E-state index >= 15 is 0 Å². The van der Waals surface area contributed by atoms with Gasteiger partial charge in [0.15, 0.2) is 24.6 Å². The first-order valence-electron chi connectivity index (χ1n) is 6.56. The first kappa shape index (κ1) is 19.1. The summed E-state index contributed by atoms with van der Waals surface area (Å²) >= 11 is 2.05. The van der Waals surface area contributed by atoms with E-state index in [1.54, 1.807) is 0 Å². The van der Waals surface area contributed by atoms with E-state index in [1.807, 2.05) is 0 Å². The van der Waals surface area contributed by atoms with Crippen LogP contribution < -0.4 is 0 Å². The quantitative estimate of drug-likeness (QED) is 0.271. The molecule has 0 unspecified atom stereocenters. The fraction of sp³-hybridized carbons (Fsp3) is 0.769. The maximum atomic E-state index is 11.4. The van der Waals surface area contributed by atoms with Gasteiger partial charge in [-0.3, -0.25) is 14.4 Å². The van der Waals surface area contributed by atoms with E-state index in [1.165, 1.54) is 27.9 Å². The lowest BCUT2D eigenvalue weighted by atomic mass is 9.99. The highest BCUT2D eigenvalue weighted by molar-refractivity contribution is 14.1. The predicted octanol–water partition coefficient (Wildman–Crippen LogP) is 0.588. The molecule has 8 nitrogen and oxygen atoms in total.